The molecule has 0 atom stereocenters. The molecule has 2 rings (SSSR count). The Kier molecular flexibility index (Phi) is 8.06. The van der Waals surface area contributed by atoms with Gasteiger partial charge in [-0.1, -0.05) is 18.2 Å². The molecule has 0 saturated heterocycles. The molecule has 0 radical (unpaired) electrons. The summed E-state index contributed by atoms with van der Waals surface area (Å²) in [5, 5.41) is 6.78. The Morgan fingerprint density at radius 3 is 2.68 bits per heavy atom. The zero-order valence-corrected chi connectivity index (χ0v) is 15.9. The zero-order valence-electron chi connectivity index (χ0n) is 15.9. The number of hydrogen-bond donors (Lipinski definition) is 2. The number of hydrogen-bond acceptors (Lipinski definition) is 3. The second-order valence-corrected chi connectivity index (χ2v) is 6.63. The van der Waals surface area contributed by atoms with E-state index in [1.165, 1.54) is 18.4 Å². The highest BCUT2D eigenvalue weighted by molar-refractivity contribution is 5.79. The average molecular weight is 348 g/mol. The first-order chi connectivity index (χ1) is 12.2. The van der Waals surface area contributed by atoms with Crippen molar-refractivity contribution in [2.24, 2.45) is 10.4 Å². The van der Waals surface area contributed by atoms with E-state index in [1.54, 1.807) is 7.11 Å². The van der Waals surface area contributed by atoms with E-state index in [0.717, 1.165) is 57.4 Å². The summed E-state index contributed by atoms with van der Waals surface area (Å²) in [5.74, 6) is 1.85. The van der Waals surface area contributed by atoms with Crippen molar-refractivity contribution >= 4 is 5.96 Å². The van der Waals surface area contributed by atoms with Crippen LogP contribution in [-0.4, -0.2) is 45.9 Å². The van der Waals surface area contributed by atoms with Crippen LogP contribution < -0.4 is 15.4 Å². The Morgan fingerprint density at radius 1 is 1.20 bits per heavy atom. The van der Waals surface area contributed by atoms with Crippen LogP contribution in [0.2, 0.25) is 0 Å². The summed E-state index contributed by atoms with van der Waals surface area (Å²) < 4.78 is 10.9. The fraction of sp³-hybridized carbons (Fsp3) is 0.650. The van der Waals surface area contributed by atoms with Crippen LogP contribution in [0.15, 0.2) is 29.3 Å². The molecule has 0 amide bonds. The summed E-state index contributed by atoms with van der Waals surface area (Å²) in [5.41, 5.74) is 1.59. The van der Waals surface area contributed by atoms with Crippen molar-refractivity contribution in [1.82, 2.24) is 10.6 Å². The van der Waals surface area contributed by atoms with Gasteiger partial charge in [0.15, 0.2) is 5.96 Å². The Balaban J connectivity index is 1.81. The predicted molar refractivity (Wildman–Crippen MR) is 103 cm³/mol. The molecular formula is C20H33N3O2. The zero-order chi connectivity index (χ0) is 18.0. The second kappa shape index (κ2) is 10.3. The molecule has 1 aliphatic carbocycles. The van der Waals surface area contributed by atoms with Crippen molar-refractivity contribution in [1.29, 1.82) is 0 Å². The molecule has 25 heavy (non-hydrogen) atoms. The van der Waals surface area contributed by atoms with E-state index in [1.807, 2.05) is 25.1 Å². The highest BCUT2D eigenvalue weighted by Crippen LogP contribution is 2.48. The van der Waals surface area contributed by atoms with E-state index < -0.39 is 0 Å². The molecule has 1 aromatic rings. The van der Waals surface area contributed by atoms with Crippen molar-refractivity contribution in [3.05, 3.63) is 29.8 Å². The molecule has 0 aliphatic heterocycles. The van der Waals surface area contributed by atoms with Gasteiger partial charge in [0.25, 0.3) is 0 Å². The van der Waals surface area contributed by atoms with Crippen LogP contribution in [0.3, 0.4) is 0 Å². The van der Waals surface area contributed by atoms with Crippen molar-refractivity contribution in [3.8, 4) is 5.75 Å². The van der Waals surface area contributed by atoms with Gasteiger partial charge in [0.1, 0.15) is 5.75 Å². The van der Waals surface area contributed by atoms with E-state index >= 15 is 0 Å². The van der Waals surface area contributed by atoms with Gasteiger partial charge >= 0.3 is 0 Å². The molecule has 5 nitrogen and oxygen atoms in total. The van der Waals surface area contributed by atoms with Crippen LogP contribution in [0.4, 0.5) is 0 Å². The van der Waals surface area contributed by atoms with Crippen LogP contribution in [0.1, 0.15) is 38.7 Å². The Hall–Kier alpha value is -1.75. The Labute approximate surface area is 152 Å². The third-order valence-electron chi connectivity index (χ3n) is 4.73. The van der Waals surface area contributed by atoms with Crippen molar-refractivity contribution in [2.45, 2.75) is 39.5 Å². The lowest BCUT2D eigenvalue weighted by molar-refractivity contribution is 0.129. The van der Waals surface area contributed by atoms with Gasteiger partial charge < -0.3 is 20.1 Å². The van der Waals surface area contributed by atoms with Crippen LogP contribution >= 0.6 is 0 Å². The van der Waals surface area contributed by atoms with Gasteiger partial charge in [-0.15, -0.1) is 0 Å². The van der Waals surface area contributed by atoms with Gasteiger partial charge in [-0.2, -0.15) is 0 Å². The normalized spacial score (nSPS) is 15.7. The molecule has 1 fully saturated rings. The highest BCUT2D eigenvalue weighted by atomic mass is 16.5. The van der Waals surface area contributed by atoms with E-state index in [2.05, 4.69) is 23.6 Å². The topological polar surface area (TPSA) is 54.9 Å². The second-order valence-electron chi connectivity index (χ2n) is 6.63. The summed E-state index contributed by atoms with van der Waals surface area (Å²) >= 11 is 0. The smallest absolute Gasteiger partial charge is 0.191 e. The average Bonchev–Trinajstić information content (AvgIpc) is 3.40. The lowest BCUT2D eigenvalue weighted by atomic mass is 10.0. The number of methoxy groups -OCH3 is 1. The van der Waals surface area contributed by atoms with Crippen LogP contribution in [0, 0.1) is 5.41 Å². The van der Waals surface area contributed by atoms with Crippen LogP contribution in [0.5, 0.6) is 5.75 Å². The molecule has 1 saturated carbocycles. The minimum atomic E-state index is 0.375. The van der Waals surface area contributed by atoms with Gasteiger partial charge in [-0.3, -0.25) is 4.99 Å². The summed E-state index contributed by atoms with van der Waals surface area (Å²) in [4.78, 5) is 4.81. The molecule has 1 aliphatic rings. The number of nitrogens with one attached hydrogen (secondary N) is 2. The van der Waals surface area contributed by atoms with Crippen molar-refractivity contribution in [2.75, 3.05) is 40.0 Å². The SMILES string of the molecule is CCNC(=NCC1(CCOCC)CC1)NCCc1ccccc1OC. The maximum Gasteiger partial charge on any atom is 0.191 e. The van der Waals surface area contributed by atoms with Crippen molar-refractivity contribution in [3.63, 3.8) is 0 Å². The maximum atomic E-state index is 5.51. The molecule has 0 spiro atoms. The quantitative estimate of drug-likeness (QED) is 0.367. The standard InChI is InChI=1S/C20H33N3O2/c1-4-21-19(23-16-20(11-12-20)13-15-25-5-2)22-14-10-17-8-6-7-9-18(17)24-3/h6-9H,4-5,10-16H2,1-3H3,(H2,21,22,23). The van der Waals surface area contributed by atoms with E-state index in [4.69, 9.17) is 14.5 Å². The fourth-order valence-electron chi connectivity index (χ4n) is 2.91. The van der Waals surface area contributed by atoms with Crippen LogP contribution in [-0.2, 0) is 11.2 Å². The third kappa shape index (κ3) is 6.58. The number of aliphatic imine (C=N–C) groups is 1. The van der Waals surface area contributed by atoms with Crippen molar-refractivity contribution < 1.29 is 9.47 Å². The summed E-state index contributed by atoms with van der Waals surface area (Å²) in [7, 11) is 1.72. The molecule has 2 N–H and O–H groups in total. The number of ether oxygens (including phenoxy) is 2. The monoisotopic (exact) mass is 347 g/mol. The first-order valence-corrected chi connectivity index (χ1v) is 9.45. The van der Waals surface area contributed by atoms with E-state index in [-0.39, 0.29) is 0 Å². The van der Waals surface area contributed by atoms with E-state index in [0.29, 0.717) is 5.41 Å². The maximum absolute atomic E-state index is 5.51. The van der Waals surface area contributed by atoms with Gasteiger partial charge in [0, 0.05) is 32.8 Å². The molecule has 0 bridgehead atoms. The Morgan fingerprint density at radius 2 is 2.00 bits per heavy atom. The summed E-state index contributed by atoms with van der Waals surface area (Å²) in [6, 6.07) is 8.16. The number of rotatable bonds is 11. The summed E-state index contributed by atoms with van der Waals surface area (Å²) in [6.07, 6.45) is 4.56. The van der Waals surface area contributed by atoms with Gasteiger partial charge in [0.05, 0.1) is 7.11 Å². The third-order valence-corrected chi connectivity index (χ3v) is 4.73. The number of guanidine groups is 1. The number of benzene rings is 1. The lowest BCUT2D eigenvalue weighted by Gasteiger charge is -2.16. The summed E-state index contributed by atoms with van der Waals surface area (Å²) in [6.45, 7) is 8.37. The molecule has 1 aromatic carbocycles. The van der Waals surface area contributed by atoms with Gasteiger partial charge in [0.2, 0.25) is 0 Å². The highest BCUT2D eigenvalue weighted by Gasteiger charge is 2.41. The number of para-hydroxylation sites is 1. The molecular weight excluding hydrogens is 314 g/mol. The largest absolute Gasteiger partial charge is 0.496 e. The minimum absolute atomic E-state index is 0.375. The molecule has 0 unspecified atom stereocenters. The molecule has 0 heterocycles. The molecule has 0 aromatic heterocycles. The first kappa shape index (κ1) is 19.6. The minimum Gasteiger partial charge on any atom is -0.496 e. The molecule has 140 valence electrons. The lowest BCUT2D eigenvalue weighted by Crippen LogP contribution is -2.38. The van der Waals surface area contributed by atoms with Gasteiger partial charge in [-0.25, -0.2) is 0 Å². The predicted octanol–water partition coefficient (Wildman–Crippen LogP) is 3.00. The first-order valence-electron chi connectivity index (χ1n) is 9.45. The Bertz CT molecular complexity index is 541. The van der Waals surface area contributed by atoms with Gasteiger partial charge in [-0.05, 0) is 56.6 Å². The molecule has 5 heteroatoms. The van der Waals surface area contributed by atoms with Crippen LogP contribution in [0.25, 0.3) is 0 Å². The van der Waals surface area contributed by atoms with E-state index in [9.17, 15) is 0 Å². The number of nitrogens with zero attached hydrogens (tertiary/aromatic N) is 1. The fourth-order valence-corrected chi connectivity index (χ4v) is 2.91.